The van der Waals surface area contributed by atoms with E-state index in [1.165, 1.54) is 23.7 Å². The average Bonchev–Trinajstić information content (AvgIpc) is 3.12. The standard InChI is InChI=1S/C18H21NO4S/c1-18(2,3)10-6-7-11-13(9-10)24-16(14(11)17(21)22)19-15(20)12-5-4-8-23-12/h4-5,8,10H,6-7,9H2,1-3H3,(H,19,20)(H,21,22)/p-1. The summed E-state index contributed by atoms with van der Waals surface area (Å²) in [5, 5.41) is 14.6. The Morgan fingerprint density at radius 1 is 1.38 bits per heavy atom. The van der Waals surface area contributed by atoms with E-state index in [2.05, 4.69) is 26.1 Å². The third kappa shape index (κ3) is 3.11. The molecule has 5 nitrogen and oxygen atoms in total. The quantitative estimate of drug-likeness (QED) is 0.926. The number of hydrogen-bond donors (Lipinski definition) is 1. The highest BCUT2D eigenvalue weighted by Crippen LogP contribution is 2.44. The molecule has 1 N–H and O–H groups in total. The van der Waals surface area contributed by atoms with E-state index < -0.39 is 11.9 Å². The summed E-state index contributed by atoms with van der Waals surface area (Å²) < 4.78 is 5.06. The fourth-order valence-electron chi connectivity index (χ4n) is 3.20. The van der Waals surface area contributed by atoms with Gasteiger partial charge in [0.2, 0.25) is 0 Å². The van der Waals surface area contributed by atoms with Crippen molar-refractivity contribution in [2.24, 2.45) is 11.3 Å². The fourth-order valence-corrected chi connectivity index (χ4v) is 4.51. The largest absolute Gasteiger partial charge is 0.545 e. The molecule has 0 aliphatic heterocycles. The molecule has 6 heteroatoms. The molecular formula is C18H20NO4S-. The Labute approximate surface area is 144 Å². The minimum absolute atomic E-state index is 0.127. The van der Waals surface area contributed by atoms with Crippen molar-refractivity contribution in [1.29, 1.82) is 0 Å². The third-order valence-corrected chi connectivity index (χ3v) is 5.84. The zero-order valence-corrected chi connectivity index (χ0v) is 14.8. The Bertz CT molecular complexity index is 768. The van der Waals surface area contributed by atoms with E-state index in [0.717, 1.165) is 23.3 Å². The van der Waals surface area contributed by atoms with Gasteiger partial charge in [-0.1, -0.05) is 20.8 Å². The number of anilines is 1. The van der Waals surface area contributed by atoms with Gasteiger partial charge >= 0.3 is 0 Å². The molecule has 0 saturated carbocycles. The van der Waals surface area contributed by atoms with Gasteiger partial charge in [-0.05, 0) is 48.3 Å². The number of carboxylic acids is 1. The van der Waals surface area contributed by atoms with Crippen molar-refractivity contribution in [3.63, 3.8) is 0 Å². The fraction of sp³-hybridized carbons (Fsp3) is 0.444. The number of amides is 1. The first-order chi connectivity index (χ1) is 11.3. The van der Waals surface area contributed by atoms with Crippen LogP contribution in [-0.4, -0.2) is 11.9 Å². The van der Waals surface area contributed by atoms with E-state index in [-0.39, 0.29) is 16.7 Å². The number of fused-ring (bicyclic) bond motifs is 1. The average molecular weight is 346 g/mol. The van der Waals surface area contributed by atoms with Crippen LogP contribution in [0.15, 0.2) is 22.8 Å². The van der Waals surface area contributed by atoms with E-state index in [9.17, 15) is 14.7 Å². The molecule has 2 aromatic rings. The number of rotatable bonds is 3. The molecule has 0 radical (unpaired) electrons. The molecule has 128 valence electrons. The van der Waals surface area contributed by atoms with Gasteiger partial charge in [0.25, 0.3) is 5.91 Å². The van der Waals surface area contributed by atoms with Crippen LogP contribution in [0.1, 0.15) is 58.5 Å². The SMILES string of the molecule is CC(C)(C)C1CCc2c(sc(NC(=O)c3ccco3)c2C(=O)[O-])C1. The molecule has 2 aromatic heterocycles. The molecular weight excluding hydrogens is 326 g/mol. The lowest BCUT2D eigenvalue weighted by atomic mass is 9.72. The number of carbonyl (C=O) groups is 2. The Balaban J connectivity index is 1.92. The van der Waals surface area contributed by atoms with Crippen LogP contribution in [0, 0.1) is 11.3 Å². The maximum Gasteiger partial charge on any atom is 0.291 e. The molecule has 0 saturated heterocycles. The number of carboxylic acid groups (broad SMARTS) is 1. The van der Waals surface area contributed by atoms with Gasteiger partial charge in [0, 0.05) is 10.4 Å². The van der Waals surface area contributed by atoms with Gasteiger partial charge in [-0.3, -0.25) is 4.79 Å². The zero-order chi connectivity index (χ0) is 17.5. The van der Waals surface area contributed by atoms with Crippen LogP contribution in [0.25, 0.3) is 0 Å². The number of hydrogen-bond acceptors (Lipinski definition) is 5. The summed E-state index contributed by atoms with van der Waals surface area (Å²) >= 11 is 1.34. The number of thiophene rings is 1. The monoisotopic (exact) mass is 346 g/mol. The molecule has 2 heterocycles. The molecule has 0 bridgehead atoms. The maximum absolute atomic E-state index is 12.2. The molecule has 1 amide bonds. The summed E-state index contributed by atoms with van der Waals surface area (Å²) in [5.74, 6) is -1.05. The Morgan fingerprint density at radius 2 is 2.12 bits per heavy atom. The lowest BCUT2D eigenvalue weighted by molar-refractivity contribution is -0.254. The number of aromatic carboxylic acids is 1. The topological polar surface area (TPSA) is 82.4 Å². The second kappa shape index (κ2) is 6.09. The van der Waals surface area contributed by atoms with Crippen LogP contribution in [0.4, 0.5) is 5.00 Å². The predicted molar refractivity (Wildman–Crippen MR) is 90.3 cm³/mol. The molecule has 1 aliphatic rings. The van der Waals surface area contributed by atoms with Crippen LogP contribution in [0.5, 0.6) is 0 Å². The summed E-state index contributed by atoms with van der Waals surface area (Å²) in [6.07, 6.45) is 3.88. The maximum atomic E-state index is 12.2. The minimum atomic E-state index is -1.24. The van der Waals surface area contributed by atoms with Gasteiger partial charge in [-0.2, -0.15) is 0 Å². The predicted octanol–water partition coefficient (Wildman–Crippen LogP) is 3.11. The van der Waals surface area contributed by atoms with Crippen LogP contribution in [-0.2, 0) is 12.8 Å². The normalized spacial score (nSPS) is 17.4. The van der Waals surface area contributed by atoms with Crippen molar-refractivity contribution in [1.82, 2.24) is 0 Å². The third-order valence-electron chi connectivity index (χ3n) is 4.67. The van der Waals surface area contributed by atoms with Crippen molar-refractivity contribution >= 4 is 28.2 Å². The summed E-state index contributed by atoms with van der Waals surface area (Å²) in [7, 11) is 0. The van der Waals surface area contributed by atoms with E-state index in [1.807, 2.05) is 0 Å². The highest BCUT2D eigenvalue weighted by molar-refractivity contribution is 7.17. The summed E-state index contributed by atoms with van der Waals surface area (Å²) in [4.78, 5) is 24.8. The molecule has 1 unspecified atom stereocenters. The summed E-state index contributed by atoms with van der Waals surface area (Å²) in [5.41, 5.74) is 1.11. The Kier molecular flexibility index (Phi) is 4.25. The van der Waals surface area contributed by atoms with E-state index in [4.69, 9.17) is 4.42 Å². The van der Waals surface area contributed by atoms with Crippen LogP contribution in [0.3, 0.4) is 0 Å². The van der Waals surface area contributed by atoms with Crippen molar-refractivity contribution < 1.29 is 19.1 Å². The second-order valence-electron chi connectivity index (χ2n) is 7.23. The number of furan rings is 1. The van der Waals surface area contributed by atoms with Gasteiger partial charge < -0.3 is 19.6 Å². The lowest BCUT2D eigenvalue weighted by Crippen LogP contribution is -2.29. The van der Waals surface area contributed by atoms with Gasteiger partial charge in [0.05, 0.1) is 12.2 Å². The van der Waals surface area contributed by atoms with Gasteiger partial charge in [0.15, 0.2) is 5.76 Å². The minimum Gasteiger partial charge on any atom is -0.545 e. The first-order valence-corrected chi connectivity index (χ1v) is 8.79. The zero-order valence-electron chi connectivity index (χ0n) is 14.0. The molecule has 3 rings (SSSR count). The first kappa shape index (κ1) is 16.8. The summed E-state index contributed by atoms with van der Waals surface area (Å²) in [6, 6.07) is 3.15. The van der Waals surface area contributed by atoms with Gasteiger partial charge in [-0.15, -0.1) is 11.3 Å². The smallest absolute Gasteiger partial charge is 0.291 e. The molecule has 1 aliphatic carbocycles. The highest BCUT2D eigenvalue weighted by Gasteiger charge is 2.32. The van der Waals surface area contributed by atoms with Crippen molar-refractivity contribution in [3.8, 4) is 0 Å². The van der Waals surface area contributed by atoms with E-state index in [0.29, 0.717) is 17.3 Å². The van der Waals surface area contributed by atoms with E-state index >= 15 is 0 Å². The number of carbonyl (C=O) groups excluding carboxylic acids is 2. The molecule has 1 atom stereocenters. The van der Waals surface area contributed by atoms with Crippen LogP contribution < -0.4 is 10.4 Å². The molecule has 0 fully saturated rings. The van der Waals surface area contributed by atoms with E-state index in [1.54, 1.807) is 6.07 Å². The van der Waals surface area contributed by atoms with Gasteiger partial charge in [0.1, 0.15) is 5.00 Å². The van der Waals surface area contributed by atoms with Crippen molar-refractivity contribution in [2.75, 3.05) is 5.32 Å². The van der Waals surface area contributed by atoms with Crippen LogP contribution in [0.2, 0.25) is 0 Å². The molecule has 24 heavy (non-hydrogen) atoms. The van der Waals surface area contributed by atoms with Gasteiger partial charge in [-0.25, -0.2) is 0 Å². The highest BCUT2D eigenvalue weighted by atomic mass is 32.1. The van der Waals surface area contributed by atoms with Crippen molar-refractivity contribution in [2.45, 2.75) is 40.0 Å². The first-order valence-electron chi connectivity index (χ1n) is 7.98. The molecule has 0 aromatic carbocycles. The second-order valence-corrected chi connectivity index (χ2v) is 8.34. The van der Waals surface area contributed by atoms with Crippen molar-refractivity contribution in [3.05, 3.63) is 40.2 Å². The number of nitrogens with one attached hydrogen (secondary N) is 1. The Morgan fingerprint density at radius 3 is 2.71 bits per heavy atom. The summed E-state index contributed by atoms with van der Waals surface area (Å²) in [6.45, 7) is 6.61. The Hall–Kier alpha value is -2.08. The lowest BCUT2D eigenvalue weighted by Gasteiger charge is -2.34. The molecule has 0 spiro atoms. The van der Waals surface area contributed by atoms with Crippen LogP contribution >= 0.6 is 11.3 Å².